The van der Waals surface area contributed by atoms with Gasteiger partial charge in [0.25, 0.3) is 0 Å². The number of rotatable bonds is 7. The molecule has 0 bridgehead atoms. The summed E-state index contributed by atoms with van der Waals surface area (Å²) in [5.41, 5.74) is 4.13. The number of nitrogens with one attached hydrogen (secondary N) is 1. The number of nitrogens with two attached hydrogens (primary N) is 1. The molecule has 21 heavy (non-hydrogen) atoms. The molecule has 0 aromatic carbocycles. The van der Waals surface area contributed by atoms with Crippen LogP contribution in [0.2, 0.25) is 0 Å². The molecule has 0 spiro atoms. The zero-order chi connectivity index (χ0) is 15.2. The zero-order valence-electron chi connectivity index (χ0n) is 13.6. The highest BCUT2D eigenvalue weighted by atomic mass is 16.5. The van der Waals surface area contributed by atoms with Crippen molar-refractivity contribution in [3.63, 3.8) is 0 Å². The third-order valence-electron chi connectivity index (χ3n) is 4.90. The molecule has 1 aromatic rings. The molecule has 5 heteroatoms. The molecule has 120 valence electrons. The molecule has 0 saturated heterocycles. The number of hydrazine groups is 1. The predicted molar refractivity (Wildman–Crippen MR) is 84.9 cm³/mol. The molecule has 0 radical (unpaired) electrons. The zero-order valence-corrected chi connectivity index (χ0v) is 13.6. The Bertz CT molecular complexity index is 402. The molecule has 5 nitrogen and oxygen atoms in total. The van der Waals surface area contributed by atoms with E-state index in [4.69, 9.17) is 10.6 Å². The Morgan fingerprint density at radius 3 is 2.62 bits per heavy atom. The SMILES string of the molecule is CCCC1CCC(C(NN)c2c(OC)cnn2CC)CC1. The Morgan fingerprint density at radius 1 is 1.38 bits per heavy atom. The van der Waals surface area contributed by atoms with E-state index < -0.39 is 0 Å². The minimum Gasteiger partial charge on any atom is -0.493 e. The van der Waals surface area contributed by atoms with E-state index in [2.05, 4.69) is 24.4 Å². The molecule has 1 heterocycles. The number of methoxy groups -OCH3 is 1. The third-order valence-corrected chi connectivity index (χ3v) is 4.90. The summed E-state index contributed by atoms with van der Waals surface area (Å²) in [7, 11) is 1.70. The van der Waals surface area contributed by atoms with Crippen LogP contribution in [0.1, 0.15) is 64.1 Å². The summed E-state index contributed by atoms with van der Waals surface area (Å²) in [5.74, 6) is 8.21. The van der Waals surface area contributed by atoms with E-state index in [9.17, 15) is 0 Å². The topological polar surface area (TPSA) is 65.1 Å². The van der Waals surface area contributed by atoms with Crippen LogP contribution >= 0.6 is 0 Å². The van der Waals surface area contributed by atoms with Gasteiger partial charge in [-0.1, -0.05) is 32.6 Å². The second-order valence-corrected chi connectivity index (χ2v) is 6.13. The molecule has 3 N–H and O–H groups in total. The number of hydrogen-bond acceptors (Lipinski definition) is 4. The van der Waals surface area contributed by atoms with E-state index >= 15 is 0 Å². The van der Waals surface area contributed by atoms with Crippen LogP contribution in [-0.2, 0) is 6.54 Å². The maximum absolute atomic E-state index is 5.89. The third kappa shape index (κ3) is 3.58. The lowest BCUT2D eigenvalue weighted by molar-refractivity contribution is 0.206. The quantitative estimate of drug-likeness (QED) is 0.599. The lowest BCUT2D eigenvalue weighted by atomic mass is 9.76. The normalized spacial score (nSPS) is 24.0. The second-order valence-electron chi connectivity index (χ2n) is 6.13. The molecule has 1 atom stereocenters. The van der Waals surface area contributed by atoms with Crippen LogP contribution in [0, 0.1) is 11.8 Å². The van der Waals surface area contributed by atoms with Crippen molar-refractivity contribution in [3.8, 4) is 5.75 Å². The predicted octanol–water partition coefficient (Wildman–Crippen LogP) is 3.02. The van der Waals surface area contributed by atoms with Crippen molar-refractivity contribution in [1.29, 1.82) is 0 Å². The van der Waals surface area contributed by atoms with Gasteiger partial charge in [0.15, 0.2) is 5.75 Å². The van der Waals surface area contributed by atoms with Crippen LogP contribution in [0.3, 0.4) is 0 Å². The summed E-state index contributed by atoms with van der Waals surface area (Å²) in [5, 5.41) is 4.41. The molecule has 1 saturated carbocycles. The first-order valence-electron chi connectivity index (χ1n) is 8.30. The van der Waals surface area contributed by atoms with Crippen LogP contribution in [0.5, 0.6) is 5.75 Å². The van der Waals surface area contributed by atoms with Crippen LogP contribution in [0.25, 0.3) is 0 Å². The minimum atomic E-state index is 0.130. The van der Waals surface area contributed by atoms with Crippen molar-refractivity contribution in [3.05, 3.63) is 11.9 Å². The Kier molecular flexibility index (Phi) is 6.06. The first kappa shape index (κ1) is 16.3. The molecule has 0 amide bonds. The van der Waals surface area contributed by atoms with Crippen LogP contribution in [0.15, 0.2) is 6.20 Å². The summed E-state index contributed by atoms with van der Waals surface area (Å²) in [4.78, 5) is 0. The van der Waals surface area contributed by atoms with Gasteiger partial charge in [-0.15, -0.1) is 0 Å². The fourth-order valence-corrected chi connectivity index (χ4v) is 3.76. The van der Waals surface area contributed by atoms with Gasteiger partial charge in [-0.05, 0) is 31.6 Å². The van der Waals surface area contributed by atoms with Gasteiger partial charge >= 0.3 is 0 Å². The Morgan fingerprint density at radius 2 is 2.10 bits per heavy atom. The van der Waals surface area contributed by atoms with Crippen molar-refractivity contribution < 1.29 is 4.74 Å². The monoisotopic (exact) mass is 294 g/mol. The summed E-state index contributed by atoms with van der Waals surface area (Å²) in [6.07, 6.45) is 9.56. The smallest absolute Gasteiger partial charge is 0.161 e. The first-order valence-corrected chi connectivity index (χ1v) is 8.30. The maximum atomic E-state index is 5.89. The van der Waals surface area contributed by atoms with E-state index in [-0.39, 0.29) is 6.04 Å². The van der Waals surface area contributed by atoms with Crippen molar-refractivity contribution in [2.24, 2.45) is 17.7 Å². The average Bonchev–Trinajstić information content (AvgIpc) is 2.93. The van der Waals surface area contributed by atoms with E-state index in [1.54, 1.807) is 13.3 Å². The van der Waals surface area contributed by atoms with E-state index in [1.807, 2.05) is 4.68 Å². The van der Waals surface area contributed by atoms with Crippen molar-refractivity contribution >= 4 is 0 Å². The second kappa shape index (κ2) is 7.80. The fraction of sp³-hybridized carbons (Fsp3) is 0.812. The van der Waals surface area contributed by atoms with Gasteiger partial charge in [0.1, 0.15) is 0 Å². The van der Waals surface area contributed by atoms with Gasteiger partial charge in [0.05, 0.1) is 25.0 Å². The summed E-state index contributed by atoms with van der Waals surface area (Å²) < 4.78 is 7.48. The van der Waals surface area contributed by atoms with Gasteiger partial charge in [-0.25, -0.2) is 0 Å². The lowest BCUT2D eigenvalue weighted by Gasteiger charge is -2.34. The highest BCUT2D eigenvalue weighted by molar-refractivity contribution is 5.29. The maximum Gasteiger partial charge on any atom is 0.161 e. The molecule has 1 unspecified atom stereocenters. The van der Waals surface area contributed by atoms with E-state index in [0.717, 1.165) is 23.9 Å². The fourth-order valence-electron chi connectivity index (χ4n) is 3.76. The highest BCUT2D eigenvalue weighted by Crippen LogP contribution is 2.40. The molecule has 2 rings (SSSR count). The van der Waals surface area contributed by atoms with Crippen molar-refractivity contribution in [2.45, 2.75) is 65.0 Å². The van der Waals surface area contributed by atoms with Crippen molar-refractivity contribution in [1.82, 2.24) is 15.2 Å². The van der Waals surface area contributed by atoms with Gasteiger partial charge in [0.2, 0.25) is 0 Å². The lowest BCUT2D eigenvalue weighted by Crippen LogP contribution is -2.37. The first-order chi connectivity index (χ1) is 10.2. The van der Waals surface area contributed by atoms with Crippen LogP contribution < -0.4 is 16.0 Å². The van der Waals surface area contributed by atoms with Crippen LogP contribution in [0.4, 0.5) is 0 Å². The molecule has 1 fully saturated rings. The molecule has 1 aromatic heterocycles. The van der Waals surface area contributed by atoms with E-state index in [1.165, 1.54) is 38.5 Å². The largest absolute Gasteiger partial charge is 0.493 e. The highest BCUT2D eigenvalue weighted by Gasteiger charge is 2.31. The Hall–Kier alpha value is -1.07. The van der Waals surface area contributed by atoms with E-state index in [0.29, 0.717) is 5.92 Å². The molecular weight excluding hydrogens is 264 g/mol. The number of aryl methyl sites for hydroxylation is 1. The molecule has 0 aliphatic heterocycles. The van der Waals surface area contributed by atoms with Gasteiger partial charge in [0, 0.05) is 6.54 Å². The number of hydrogen-bond donors (Lipinski definition) is 2. The van der Waals surface area contributed by atoms with Gasteiger partial charge < -0.3 is 4.74 Å². The summed E-state index contributed by atoms with van der Waals surface area (Å²) in [6, 6.07) is 0.130. The summed E-state index contributed by atoms with van der Waals surface area (Å²) in [6.45, 7) is 5.21. The van der Waals surface area contributed by atoms with Gasteiger partial charge in [-0.3, -0.25) is 16.0 Å². The molecule has 1 aliphatic rings. The summed E-state index contributed by atoms with van der Waals surface area (Å²) >= 11 is 0. The number of ether oxygens (including phenoxy) is 1. The standard InChI is InChI=1S/C16H30N4O/c1-4-6-12-7-9-13(10-8-12)15(19-17)16-14(21-3)11-18-20(16)5-2/h11-13,15,19H,4-10,17H2,1-3H3. The minimum absolute atomic E-state index is 0.130. The number of aromatic nitrogens is 2. The van der Waals surface area contributed by atoms with Crippen molar-refractivity contribution in [2.75, 3.05) is 7.11 Å². The van der Waals surface area contributed by atoms with Crippen LogP contribution in [-0.4, -0.2) is 16.9 Å². The Balaban J connectivity index is 2.12. The average molecular weight is 294 g/mol. The van der Waals surface area contributed by atoms with Gasteiger partial charge in [-0.2, -0.15) is 5.10 Å². The molecular formula is C16H30N4O. The number of nitrogens with zero attached hydrogens (tertiary/aromatic N) is 2. The Labute approximate surface area is 128 Å². The molecule has 1 aliphatic carbocycles.